The molecule has 0 aliphatic heterocycles. The van der Waals surface area contributed by atoms with Crippen LogP contribution in [0, 0.1) is 5.82 Å². The molecule has 3 heterocycles. The van der Waals surface area contributed by atoms with Gasteiger partial charge in [-0.05, 0) is 18.2 Å². The summed E-state index contributed by atoms with van der Waals surface area (Å²) in [7, 11) is 0. The maximum absolute atomic E-state index is 14.0. The van der Waals surface area contributed by atoms with Gasteiger partial charge in [0.2, 0.25) is 5.89 Å². The van der Waals surface area contributed by atoms with E-state index in [0.717, 1.165) is 4.52 Å². The molecule has 0 N–H and O–H groups in total. The van der Waals surface area contributed by atoms with Gasteiger partial charge in [0.05, 0.1) is 29.8 Å². The summed E-state index contributed by atoms with van der Waals surface area (Å²) in [6.07, 6.45) is -0.0206. The molecule has 0 saturated carbocycles. The van der Waals surface area contributed by atoms with Crippen LogP contribution >= 0.6 is 0 Å². The lowest BCUT2D eigenvalue weighted by Crippen LogP contribution is -2.11. The second-order valence-electron chi connectivity index (χ2n) is 5.03. The number of rotatable bonds is 2. The maximum atomic E-state index is 14.0. The third-order valence-corrected chi connectivity index (χ3v) is 3.45. The van der Waals surface area contributed by atoms with E-state index in [9.17, 15) is 17.6 Å². The molecule has 0 atom stereocenters. The van der Waals surface area contributed by atoms with Crippen molar-refractivity contribution in [2.24, 2.45) is 0 Å². The van der Waals surface area contributed by atoms with Gasteiger partial charge in [0.25, 0.3) is 5.78 Å². The van der Waals surface area contributed by atoms with Crippen molar-refractivity contribution in [1.29, 1.82) is 0 Å². The molecule has 0 aliphatic rings. The Morgan fingerprint density at radius 2 is 1.92 bits per heavy atom. The van der Waals surface area contributed by atoms with Gasteiger partial charge in [-0.15, -0.1) is 0 Å². The first-order chi connectivity index (χ1) is 11.9. The van der Waals surface area contributed by atoms with Crippen molar-refractivity contribution in [3.05, 3.63) is 54.6 Å². The minimum absolute atomic E-state index is 0.0820. The van der Waals surface area contributed by atoms with Gasteiger partial charge < -0.3 is 4.42 Å². The third kappa shape index (κ3) is 2.61. The summed E-state index contributed by atoms with van der Waals surface area (Å²) in [6, 6.07) is 4.10. The quantitative estimate of drug-likeness (QED) is 0.517. The van der Waals surface area contributed by atoms with Crippen LogP contribution in [0.5, 0.6) is 0 Å². The fourth-order valence-electron chi connectivity index (χ4n) is 2.31. The van der Waals surface area contributed by atoms with E-state index in [4.69, 9.17) is 4.42 Å². The summed E-state index contributed by atoms with van der Waals surface area (Å²) >= 11 is 0. The molecule has 0 bridgehead atoms. The average molecular weight is 349 g/mol. The number of oxazole rings is 1. The van der Waals surface area contributed by atoms with Crippen LogP contribution in [0.1, 0.15) is 5.69 Å². The highest BCUT2D eigenvalue weighted by Gasteiger charge is 2.33. The first kappa shape index (κ1) is 15.2. The molecule has 0 unspecified atom stereocenters. The van der Waals surface area contributed by atoms with Gasteiger partial charge in [-0.1, -0.05) is 0 Å². The number of benzene rings is 1. The Labute approximate surface area is 136 Å². The molecule has 0 spiro atoms. The van der Waals surface area contributed by atoms with Crippen LogP contribution in [0.2, 0.25) is 0 Å². The molecule has 0 amide bonds. The van der Waals surface area contributed by atoms with Crippen molar-refractivity contribution >= 4 is 5.78 Å². The van der Waals surface area contributed by atoms with E-state index in [1.54, 1.807) is 0 Å². The Hall–Kier alpha value is -3.30. The van der Waals surface area contributed by atoms with Gasteiger partial charge >= 0.3 is 6.18 Å². The summed E-state index contributed by atoms with van der Waals surface area (Å²) in [4.78, 5) is 11.2. The maximum Gasteiger partial charge on any atom is 0.435 e. The zero-order valence-corrected chi connectivity index (χ0v) is 12.2. The molecule has 0 fully saturated rings. The first-order valence-corrected chi connectivity index (χ1v) is 6.91. The number of alkyl halides is 3. The molecule has 0 saturated heterocycles. The highest BCUT2D eigenvalue weighted by atomic mass is 19.4. The van der Waals surface area contributed by atoms with Crippen molar-refractivity contribution in [2.45, 2.75) is 6.18 Å². The van der Waals surface area contributed by atoms with Crippen molar-refractivity contribution < 1.29 is 22.0 Å². The number of nitrogens with zero attached hydrogens (tertiary/aromatic N) is 5. The van der Waals surface area contributed by atoms with E-state index in [1.807, 2.05) is 0 Å². The lowest BCUT2D eigenvalue weighted by molar-refractivity contribution is -0.141. The number of hydrogen-bond donors (Lipinski definition) is 0. The Bertz CT molecular complexity index is 1060. The van der Waals surface area contributed by atoms with Crippen LogP contribution < -0.4 is 0 Å². The molecule has 0 radical (unpaired) electrons. The number of fused-ring (bicyclic) bond motifs is 1. The zero-order chi connectivity index (χ0) is 17.6. The molecular formula is C15H7F4N5O. The molecule has 0 aliphatic carbocycles. The van der Waals surface area contributed by atoms with E-state index in [0.29, 0.717) is 17.5 Å². The molecule has 3 aromatic heterocycles. The monoisotopic (exact) mass is 349 g/mol. The largest absolute Gasteiger partial charge is 0.444 e. The smallest absolute Gasteiger partial charge is 0.435 e. The predicted molar refractivity (Wildman–Crippen MR) is 76.7 cm³/mol. The van der Waals surface area contributed by atoms with Gasteiger partial charge in [-0.3, -0.25) is 0 Å². The topological polar surface area (TPSA) is 69.1 Å². The summed E-state index contributed by atoms with van der Waals surface area (Å²) < 4.78 is 58.3. The van der Waals surface area contributed by atoms with Gasteiger partial charge in [0.1, 0.15) is 12.1 Å². The van der Waals surface area contributed by atoms with Gasteiger partial charge in [0, 0.05) is 5.56 Å². The van der Waals surface area contributed by atoms with E-state index in [1.165, 1.54) is 36.9 Å². The standard InChI is InChI=1S/C15H7F4N5O/c16-10-2-1-8(5-9(10)13-20-3-4-25-13)11-6-21-14-23-12(15(17,18)19)7-22-24(11)14/h1-7H. The molecule has 126 valence electrons. The van der Waals surface area contributed by atoms with Gasteiger partial charge in [-0.25, -0.2) is 19.3 Å². The van der Waals surface area contributed by atoms with E-state index in [2.05, 4.69) is 20.1 Å². The van der Waals surface area contributed by atoms with Gasteiger partial charge in [0.15, 0.2) is 5.69 Å². The normalized spacial score (nSPS) is 12.0. The van der Waals surface area contributed by atoms with E-state index in [-0.39, 0.29) is 17.2 Å². The summed E-state index contributed by atoms with van der Waals surface area (Å²) in [6.45, 7) is 0. The second-order valence-corrected chi connectivity index (χ2v) is 5.03. The molecule has 4 rings (SSSR count). The molecule has 1 aromatic carbocycles. The molecule has 6 nitrogen and oxygen atoms in total. The molecular weight excluding hydrogens is 342 g/mol. The fourth-order valence-corrected chi connectivity index (χ4v) is 2.31. The number of imidazole rings is 1. The van der Waals surface area contributed by atoms with Crippen LogP contribution in [0.4, 0.5) is 17.6 Å². The van der Waals surface area contributed by atoms with Gasteiger partial charge in [-0.2, -0.15) is 22.8 Å². The lowest BCUT2D eigenvalue weighted by atomic mass is 10.1. The van der Waals surface area contributed by atoms with E-state index >= 15 is 0 Å². The second kappa shape index (κ2) is 5.36. The Morgan fingerprint density at radius 1 is 1.08 bits per heavy atom. The first-order valence-electron chi connectivity index (χ1n) is 6.91. The molecule has 4 aromatic rings. The highest BCUT2D eigenvalue weighted by Crippen LogP contribution is 2.30. The van der Waals surface area contributed by atoms with Crippen LogP contribution in [0.25, 0.3) is 28.5 Å². The Kier molecular flexibility index (Phi) is 3.27. The minimum Gasteiger partial charge on any atom is -0.444 e. The number of halogens is 4. The number of aromatic nitrogens is 5. The summed E-state index contributed by atoms with van der Waals surface area (Å²) in [5.41, 5.74) is -0.214. The number of hydrogen-bond acceptors (Lipinski definition) is 5. The van der Waals surface area contributed by atoms with Crippen LogP contribution in [0.15, 0.2) is 47.5 Å². The van der Waals surface area contributed by atoms with Crippen molar-refractivity contribution in [3.8, 4) is 22.7 Å². The minimum atomic E-state index is -4.62. The fraction of sp³-hybridized carbons (Fsp3) is 0.0667. The van der Waals surface area contributed by atoms with Crippen molar-refractivity contribution in [2.75, 3.05) is 0 Å². The summed E-state index contributed by atoms with van der Waals surface area (Å²) in [5.74, 6) is -0.684. The van der Waals surface area contributed by atoms with Crippen LogP contribution in [-0.4, -0.2) is 24.6 Å². The molecule has 25 heavy (non-hydrogen) atoms. The lowest BCUT2D eigenvalue weighted by Gasteiger charge is -2.06. The van der Waals surface area contributed by atoms with Crippen molar-refractivity contribution in [1.82, 2.24) is 24.6 Å². The Morgan fingerprint density at radius 3 is 2.64 bits per heavy atom. The average Bonchev–Trinajstić information content (AvgIpc) is 3.23. The predicted octanol–water partition coefficient (Wildman–Crippen LogP) is 3.60. The zero-order valence-electron chi connectivity index (χ0n) is 12.2. The summed E-state index contributed by atoms with van der Waals surface area (Å²) in [5, 5.41) is 3.74. The molecule has 10 heteroatoms. The van der Waals surface area contributed by atoms with E-state index < -0.39 is 17.7 Å². The van der Waals surface area contributed by atoms with Crippen LogP contribution in [0.3, 0.4) is 0 Å². The Balaban J connectivity index is 1.84. The third-order valence-electron chi connectivity index (χ3n) is 3.45. The van der Waals surface area contributed by atoms with Crippen LogP contribution in [-0.2, 0) is 6.18 Å². The van der Waals surface area contributed by atoms with Crippen molar-refractivity contribution in [3.63, 3.8) is 0 Å². The SMILES string of the molecule is Fc1ccc(-c2cnc3nc(C(F)(F)F)cnn23)cc1-c1ncco1. The highest BCUT2D eigenvalue weighted by molar-refractivity contribution is 5.69.